The summed E-state index contributed by atoms with van der Waals surface area (Å²) in [6.45, 7) is 5.32. The van der Waals surface area contributed by atoms with Crippen molar-refractivity contribution in [3.05, 3.63) is 39.9 Å². The number of nitro benzene ring substituents is 1. The van der Waals surface area contributed by atoms with Crippen LogP contribution in [0.3, 0.4) is 0 Å². The van der Waals surface area contributed by atoms with Gasteiger partial charge in [-0.05, 0) is 26.8 Å². The highest BCUT2D eigenvalue weighted by molar-refractivity contribution is 5.99. The third-order valence-corrected chi connectivity index (χ3v) is 2.57. The molecule has 1 aromatic rings. The minimum atomic E-state index is -0.615. The monoisotopic (exact) mass is 293 g/mol. The molecule has 0 spiro atoms. The average molecular weight is 293 g/mol. The van der Waals surface area contributed by atoms with Crippen LogP contribution < -0.4 is 5.32 Å². The van der Waals surface area contributed by atoms with Crippen LogP contribution in [0, 0.1) is 10.1 Å². The Kier molecular flexibility index (Phi) is 5.02. The van der Waals surface area contributed by atoms with Gasteiger partial charge in [0, 0.05) is 18.7 Å². The zero-order valence-electron chi connectivity index (χ0n) is 12.5. The summed E-state index contributed by atoms with van der Waals surface area (Å²) in [5.74, 6) is -0.886. The van der Waals surface area contributed by atoms with Crippen molar-refractivity contribution in [3.63, 3.8) is 0 Å². The molecule has 7 nitrogen and oxygen atoms in total. The summed E-state index contributed by atoms with van der Waals surface area (Å²) in [5, 5.41) is 13.6. The van der Waals surface area contributed by atoms with Crippen molar-refractivity contribution in [2.24, 2.45) is 0 Å². The molecule has 0 fully saturated rings. The van der Waals surface area contributed by atoms with Crippen LogP contribution in [-0.4, -0.2) is 40.8 Å². The van der Waals surface area contributed by atoms with E-state index in [-0.39, 0.29) is 23.7 Å². The molecular weight excluding hydrogens is 274 g/mol. The van der Waals surface area contributed by atoms with Crippen molar-refractivity contribution in [1.29, 1.82) is 0 Å². The largest absolute Gasteiger partial charge is 0.350 e. The number of benzene rings is 1. The fourth-order valence-electron chi connectivity index (χ4n) is 1.76. The standard InChI is InChI=1S/C14H19N3O4/c1-14(2,3)15-12(18)9-16(4)13(19)10-7-5-6-8-11(10)17(20)21/h5-8H,9H2,1-4H3,(H,15,18). The van der Waals surface area contributed by atoms with Gasteiger partial charge in [-0.3, -0.25) is 19.7 Å². The van der Waals surface area contributed by atoms with Gasteiger partial charge in [0.05, 0.1) is 11.5 Å². The van der Waals surface area contributed by atoms with Gasteiger partial charge in [-0.25, -0.2) is 0 Å². The molecule has 1 aromatic carbocycles. The smallest absolute Gasteiger partial charge is 0.282 e. The fourth-order valence-corrected chi connectivity index (χ4v) is 1.76. The first-order valence-electron chi connectivity index (χ1n) is 6.41. The Balaban J connectivity index is 2.85. The van der Waals surface area contributed by atoms with E-state index in [0.717, 1.165) is 4.90 Å². The predicted octanol–water partition coefficient (Wildman–Crippen LogP) is 1.58. The lowest BCUT2D eigenvalue weighted by Gasteiger charge is -2.23. The number of carbonyl (C=O) groups is 2. The maximum absolute atomic E-state index is 12.2. The number of hydrogen-bond acceptors (Lipinski definition) is 4. The Bertz CT molecular complexity index is 564. The summed E-state index contributed by atoms with van der Waals surface area (Å²) in [6.07, 6.45) is 0. The lowest BCUT2D eigenvalue weighted by Crippen LogP contribution is -2.46. The third kappa shape index (κ3) is 4.87. The SMILES string of the molecule is CN(CC(=O)NC(C)(C)C)C(=O)c1ccccc1[N+](=O)[O-]. The average Bonchev–Trinajstić information content (AvgIpc) is 2.35. The number of carbonyl (C=O) groups excluding carboxylic acids is 2. The number of rotatable bonds is 4. The summed E-state index contributed by atoms with van der Waals surface area (Å²) in [5.41, 5.74) is -0.709. The van der Waals surface area contributed by atoms with E-state index in [1.165, 1.54) is 25.2 Å². The Hall–Kier alpha value is -2.44. The van der Waals surface area contributed by atoms with Gasteiger partial charge in [-0.15, -0.1) is 0 Å². The van der Waals surface area contributed by atoms with Gasteiger partial charge in [0.2, 0.25) is 5.91 Å². The molecule has 0 aliphatic carbocycles. The summed E-state index contributed by atoms with van der Waals surface area (Å²) < 4.78 is 0. The first-order valence-corrected chi connectivity index (χ1v) is 6.41. The summed E-state index contributed by atoms with van der Waals surface area (Å²) >= 11 is 0. The Morgan fingerprint density at radius 2 is 1.86 bits per heavy atom. The van der Waals surface area contributed by atoms with Gasteiger partial charge in [0.1, 0.15) is 5.56 Å². The molecule has 21 heavy (non-hydrogen) atoms. The quantitative estimate of drug-likeness (QED) is 0.673. The van der Waals surface area contributed by atoms with E-state index in [4.69, 9.17) is 0 Å². The molecule has 0 atom stereocenters. The number of likely N-dealkylation sites (N-methyl/N-ethyl adjacent to an activating group) is 1. The van der Waals surface area contributed by atoms with E-state index in [1.54, 1.807) is 6.07 Å². The first-order chi connectivity index (χ1) is 9.61. The van der Waals surface area contributed by atoms with Gasteiger partial charge in [-0.2, -0.15) is 0 Å². The lowest BCUT2D eigenvalue weighted by atomic mass is 10.1. The maximum Gasteiger partial charge on any atom is 0.282 e. The number of nitrogens with zero attached hydrogens (tertiary/aromatic N) is 2. The zero-order chi connectivity index (χ0) is 16.2. The third-order valence-electron chi connectivity index (χ3n) is 2.57. The second kappa shape index (κ2) is 6.34. The van der Waals surface area contributed by atoms with Crippen LogP contribution in [0.2, 0.25) is 0 Å². The van der Waals surface area contributed by atoms with Gasteiger partial charge in [-0.1, -0.05) is 12.1 Å². The molecule has 0 aliphatic heterocycles. The van der Waals surface area contributed by atoms with E-state index in [1.807, 2.05) is 20.8 Å². The molecule has 0 aromatic heterocycles. The first kappa shape index (κ1) is 16.6. The van der Waals surface area contributed by atoms with Crippen molar-refractivity contribution in [2.75, 3.05) is 13.6 Å². The lowest BCUT2D eigenvalue weighted by molar-refractivity contribution is -0.385. The minimum absolute atomic E-state index is 0.0337. The van der Waals surface area contributed by atoms with Crippen molar-refractivity contribution in [1.82, 2.24) is 10.2 Å². The van der Waals surface area contributed by atoms with Gasteiger partial charge >= 0.3 is 0 Å². The molecule has 0 saturated carbocycles. The fraction of sp³-hybridized carbons (Fsp3) is 0.429. The number of para-hydroxylation sites is 1. The van der Waals surface area contributed by atoms with Gasteiger partial charge < -0.3 is 10.2 Å². The minimum Gasteiger partial charge on any atom is -0.350 e. The summed E-state index contributed by atoms with van der Waals surface area (Å²) in [6, 6.07) is 5.67. The Labute approximate surface area is 123 Å². The highest BCUT2D eigenvalue weighted by Crippen LogP contribution is 2.19. The molecule has 7 heteroatoms. The predicted molar refractivity (Wildman–Crippen MR) is 78.0 cm³/mol. The number of nitrogens with one attached hydrogen (secondary N) is 1. The molecule has 0 saturated heterocycles. The maximum atomic E-state index is 12.2. The van der Waals surface area contributed by atoms with Gasteiger partial charge in [0.25, 0.3) is 11.6 Å². The molecule has 1 N–H and O–H groups in total. The molecule has 2 amide bonds. The Morgan fingerprint density at radius 3 is 2.38 bits per heavy atom. The highest BCUT2D eigenvalue weighted by atomic mass is 16.6. The second-order valence-corrected chi connectivity index (χ2v) is 5.73. The molecule has 1 rings (SSSR count). The Morgan fingerprint density at radius 1 is 1.29 bits per heavy atom. The van der Waals surface area contributed by atoms with Crippen LogP contribution in [0.5, 0.6) is 0 Å². The van der Waals surface area contributed by atoms with Crippen LogP contribution in [0.1, 0.15) is 31.1 Å². The van der Waals surface area contributed by atoms with E-state index < -0.39 is 16.4 Å². The van der Waals surface area contributed by atoms with E-state index in [2.05, 4.69) is 5.32 Å². The summed E-state index contributed by atoms with van der Waals surface area (Å²) in [7, 11) is 1.43. The van der Waals surface area contributed by atoms with E-state index >= 15 is 0 Å². The molecule has 114 valence electrons. The molecular formula is C14H19N3O4. The van der Waals surface area contributed by atoms with Crippen molar-refractivity contribution in [2.45, 2.75) is 26.3 Å². The van der Waals surface area contributed by atoms with Crippen LogP contribution >= 0.6 is 0 Å². The number of amides is 2. The van der Waals surface area contributed by atoms with Gasteiger partial charge in [0.15, 0.2) is 0 Å². The molecule has 0 aliphatic rings. The normalized spacial score (nSPS) is 10.9. The van der Waals surface area contributed by atoms with Crippen molar-refractivity contribution >= 4 is 17.5 Å². The van der Waals surface area contributed by atoms with Crippen LogP contribution in [0.4, 0.5) is 5.69 Å². The van der Waals surface area contributed by atoms with E-state index in [0.29, 0.717) is 0 Å². The van der Waals surface area contributed by atoms with Crippen molar-refractivity contribution in [3.8, 4) is 0 Å². The zero-order valence-corrected chi connectivity index (χ0v) is 12.5. The molecule has 0 radical (unpaired) electrons. The molecule has 0 bridgehead atoms. The topological polar surface area (TPSA) is 92.6 Å². The van der Waals surface area contributed by atoms with E-state index in [9.17, 15) is 19.7 Å². The summed E-state index contributed by atoms with van der Waals surface area (Å²) in [4.78, 5) is 35.5. The number of hydrogen-bond donors (Lipinski definition) is 1. The second-order valence-electron chi connectivity index (χ2n) is 5.73. The highest BCUT2D eigenvalue weighted by Gasteiger charge is 2.24. The van der Waals surface area contributed by atoms with Crippen LogP contribution in [0.15, 0.2) is 24.3 Å². The molecule has 0 heterocycles. The van der Waals surface area contributed by atoms with Crippen LogP contribution in [0.25, 0.3) is 0 Å². The molecule has 0 unspecified atom stereocenters. The van der Waals surface area contributed by atoms with Crippen LogP contribution in [-0.2, 0) is 4.79 Å². The number of nitro groups is 1. The van der Waals surface area contributed by atoms with Crippen molar-refractivity contribution < 1.29 is 14.5 Å².